The van der Waals surface area contributed by atoms with Gasteiger partial charge in [-0.2, -0.15) is 0 Å². The third kappa shape index (κ3) is 16.6. The highest BCUT2D eigenvalue weighted by molar-refractivity contribution is 7.39. The van der Waals surface area contributed by atoms with Gasteiger partial charge in [-0.1, -0.05) is 13.8 Å². The fourth-order valence-electron chi connectivity index (χ4n) is 0.638. The standard InChI is InChI=1S/C6H15O3P.C2H4/c1-6(2)4-3-5-9-10(7)8;1-2/h6-8H,3-5H2,1-2H3;1-2H2. The minimum Gasteiger partial charge on any atom is -0.328 e. The van der Waals surface area contributed by atoms with Crippen LogP contribution in [0.1, 0.15) is 26.7 Å². The maximum atomic E-state index is 8.32. The van der Waals surface area contributed by atoms with Crippen molar-refractivity contribution in [3.63, 3.8) is 0 Å². The van der Waals surface area contributed by atoms with Crippen molar-refractivity contribution in [1.82, 2.24) is 0 Å². The second-order valence-corrected chi connectivity index (χ2v) is 3.39. The molecule has 0 spiro atoms. The van der Waals surface area contributed by atoms with E-state index in [2.05, 4.69) is 31.5 Å². The molecule has 0 atom stereocenters. The molecular weight excluding hydrogens is 175 g/mol. The van der Waals surface area contributed by atoms with Crippen LogP contribution in [0.5, 0.6) is 0 Å². The van der Waals surface area contributed by atoms with Crippen LogP contribution in [-0.2, 0) is 4.52 Å². The van der Waals surface area contributed by atoms with E-state index < -0.39 is 8.60 Å². The highest BCUT2D eigenvalue weighted by atomic mass is 31.2. The van der Waals surface area contributed by atoms with Crippen molar-refractivity contribution in [3.05, 3.63) is 13.2 Å². The summed E-state index contributed by atoms with van der Waals surface area (Å²) in [4.78, 5) is 16.6. The Morgan fingerprint density at radius 3 is 2.17 bits per heavy atom. The Labute approximate surface area is 76.1 Å². The van der Waals surface area contributed by atoms with E-state index >= 15 is 0 Å². The summed E-state index contributed by atoms with van der Waals surface area (Å²) in [5.41, 5.74) is 0. The van der Waals surface area contributed by atoms with Crippen LogP contribution in [0.25, 0.3) is 0 Å². The monoisotopic (exact) mass is 194 g/mol. The van der Waals surface area contributed by atoms with Gasteiger partial charge in [0.1, 0.15) is 0 Å². The highest BCUT2D eigenvalue weighted by Crippen LogP contribution is 2.24. The molecule has 4 heteroatoms. The molecule has 2 N–H and O–H groups in total. The minimum absolute atomic E-state index is 0.455. The molecule has 0 aliphatic rings. The zero-order valence-electron chi connectivity index (χ0n) is 7.86. The summed E-state index contributed by atoms with van der Waals surface area (Å²) >= 11 is 0. The maximum Gasteiger partial charge on any atom is 0.327 e. The Hall–Kier alpha value is 0.0500. The molecule has 3 nitrogen and oxygen atoms in total. The van der Waals surface area contributed by atoms with Gasteiger partial charge in [0.15, 0.2) is 0 Å². The fraction of sp³-hybridized carbons (Fsp3) is 0.750. The van der Waals surface area contributed by atoms with Crippen molar-refractivity contribution >= 4 is 8.60 Å². The molecule has 0 aromatic rings. The molecule has 0 saturated carbocycles. The molecule has 74 valence electrons. The lowest BCUT2D eigenvalue weighted by molar-refractivity contribution is 0.245. The fourth-order valence-corrected chi connectivity index (χ4v) is 0.930. The van der Waals surface area contributed by atoms with E-state index in [1.54, 1.807) is 0 Å². The van der Waals surface area contributed by atoms with Crippen molar-refractivity contribution in [3.8, 4) is 0 Å². The summed E-state index contributed by atoms with van der Waals surface area (Å²) in [6, 6.07) is 0. The molecular formula is C8H19O3P. The van der Waals surface area contributed by atoms with Gasteiger partial charge in [0.05, 0.1) is 6.61 Å². The molecule has 12 heavy (non-hydrogen) atoms. The van der Waals surface area contributed by atoms with E-state index in [-0.39, 0.29) is 0 Å². The lowest BCUT2D eigenvalue weighted by Crippen LogP contribution is -1.93. The Balaban J connectivity index is 0. The van der Waals surface area contributed by atoms with Gasteiger partial charge < -0.3 is 14.3 Å². The predicted molar refractivity (Wildman–Crippen MR) is 52.6 cm³/mol. The molecule has 0 radical (unpaired) electrons. The van der Waals surface area contributed by atoms with Gasteiger partial charge >= 0.3 is 8.60 Å². The molecule has 0 heterocycles. The van der Waals surface area contributed by atoms with Crippen LogP contribution >= 0.6 is 8.60 Å². The minimum atomic E-state index is -2.13. The van der Waals surface area contributed by atoms with Crippen molar-refractivity contribution in [2.45, 2.75) is 26.7 Å². The van der Waals surface area contributed by atoms with Gasteiger partial charge in [-0.05, 0) is 18.8 Å². The lowest BCUT2D eigenvalue weighted by Gasteiger charge is -2.04. The largest absolute Gasteiger partial charge is 0.328 e. The van der Waals surface area contributed by atoms with Crippen molar-refractivity contribution < 1.29 is 14.3 Å². The van der Waals surface area contributed by atoms with Gasteiger partial charge in [0.25, 0.3) is 0 Å². The van der Waals surface area contributed by atoms with E-state index in [1.165, 1.54) is 0 Å². The maximum absolute atomic E-state index is 8.32. The van der Waals surface area contributed by atoms with Crippen LogP contribution in [0.3, 0.4) is 0 Å². The van der Waals surface area contributed by atoms with Crippen molar-refractivity contribution in [2.75, 3.05) is 6.61 Å². The smallest absolute Gasteiger partial charge is 0.327 e. The molecule has 0 fully saturated rings. The number of hydrogen-bond donors (Lipinski definition) is 2. The summed E-state index contributed by atoms with van der Waals surface area (Å²) in [6.45, 7) is 10.7. The zero-order chi connectivity index (χ0) is 9.98. The molecule has 0 rings (SSSR count). The van der Waals surface area contributed by atoms with E-state index in [9.17, 15) is 0 Å². The van der Waals surface area contributed by atoms with Gasteiger partial charge in [-0.3, -0.25) is 0 Å². The lowest BCUT2D eigenvalue weighted by atomic mass is 10.1. The summed E-state index contributed by atoms with van der Waals surface area (Å²) in [6.07, 6.45) is 1.97. The van der Waals surface area contributed by atoms with Gasteiger partial charge in [-0.15, -0.1) is 13.2 Å². The second kappa shape index (κ2) is 11.1. The first-order valence-electron chi connectivity index (χ1n) is 3.93. The van der Waals surface area contributed by atoms with Crippen molar-refractivity contribution in [2.24, 2.45) is 5.92 Å². The van der Waals surface area contributed by atoms with Crippen LogP contribution in [-0.4, -0.2) is 16.4 Å². The Bertz CT molecular complexity index is 76.4. The third-order valence-electron chi connectivity index (χ3n) is 1.13. The predicted octanol–water partition coefficient (Wildman–Crippen LogP) is 2.45. The summed E-state index contributed by atoms with van der Waals surface area (Å²) < 4.78 is 4.57. The van der Waals surface area contributed by atoms with E-state index in [0.717, 1.165) is 12.8 Å². The average molecular weight is 194 g/mol. The molecule has 0 unspecified atom stereocenters. The molecule has 0 bridgehead atoms. The van der Waals surface area contributed by atoms with Crippen LogP contribution in [0.15, 0.2) is 13.2 Å². The van der Waals surface area contributed by atoms with Gasteiger partial charge in [0.2, 0.25) is 0 Å². The molecule has 0 saturated heterocycles. The van der Waals surface area contributed by atoms with E-state index in [4.69, 9.17) is 9.79 Å². The quantitative estimate of drug-likeness (QED) is 0.401. The van der Waals surface area contributed by atoms with Crippen LogP contribution < -0.4 is 0 Å². The van der Waals surface area contributed by atoms with E-state index in [1.807, 2.05) is 0 Å². The van der Waals surface area contributed by atoms with Crippen LogP contribution in [0.4, 0.5) is 0 Å². The molecule has 0 aliphatic heterocycles. The molecule has 0 aromatic heterocycles. The first kappa shape index (κ1) is 14.6. The SMILES string of the molecule is C=C.CC(C)CCCOP(O)O. The second-order valence-electron chi connectivity index (χ2n) is 2.62. The molecule has 0 aliphatic carbocycles. The first-order valence-corrected chi connectivity index (χ1v) is 5.10. The topological polar surface area (TPSA) is 49.7 Å². The van der Waals surface area contributed by atoms with Crippen LogP contribution in [0, 0.1) is 5.92 Å². The summed E-state index contributed by atoms with van der Waals surface area (Å²) in [5.74, 6) is 0.659. The van der Waals surface area contributed by atoms with Crippen LogP contribution in [0.2, 0.25) is 0 Å². The number of rotatable bonds is 5. The summed E-state index contributed by atoms with van der Waals surface area (Å²) in [5, 5.41) is 0. The average Bonchev–Trinajstić information content (AvgIpc) is 2.02. The zero-order valence-corrected chi connectivity index (χ0v) is 8.76. The molecule has 0 amide bonds. The highest BCUT2D eigenvalue weighted by Gasteiger charge is 1.98. The normalized spacial score (nSPS) is 9.83. The molecule has 0 aromatic carbocycles. The van der Waals surface area contributed by atoms with Gasteiger partial charge in [-0.25, -0.2) is 0 Å². The van der Waals surface area contributed by atoms with Gasteiger partial charge in [0, 0.05) is 0 Å². The number of hydrogen-bond acceptors (Lipinski definition) is 3. The van der Waals surface area contributed by atoms with E-state index in [0.29, 0.717) is 12.5 Å². The van der Waals surface area contributed by atoms with Crippen molar-refractivity contribution in [1.29, 1.82) is 0 Å². The Kier molecular flexibility index (Phi) is 13.4. The Morgan fingerprint density at radius 2 is 1.83 bits per heavy atom. The Morgan fingerprint density at radius 1 is 1.33 bits per heavy atom. The third-order valence-corrected chi connectivity index (χ3v) is 1.55. The first-order chi connectivity index (χ1) is 5.63. The summed E-state index contributed by atoms with van der Waals surface area (Å²) in [7, 11) is -2.13.